The molecule has 2 aromatic heterocycles. The molecular formula is C17H17N3O2S. The highest BCUT2D eigenvalue weighted by atomic mass is 32.1. The van der Waals surface area contributed by atoms with Gasteiger partial charge in [-0.05, 0) is 26.0 Å². The molecule has 0 aliphatic heterocycles. The van der Waals surface area contributed by atoms with E-state index >= 15 is 0 Å². The summed E-state index contributed by atoms with van der Waals surface area (Å²) in [6.07, 6.45) is 0.647. The summed E-state index contributed by atoms with van der Waals surface area (Å²) in [5.74, 6) is 0.679. The quantitative estimate of drug-likeness (QED) is 0.780. The van der Waals surface area contributed by atoms with Crippen LogP contribution in [0.3, 0.4) is 0 Å². The van der Waals surface area contributed by atoms with E-state index in [1.165, 1.54) is 0 Å². The van der Waals surface area contributed by atoms with Gasteiger partial charge in [0.15, 0.2) is 0 Å². The Bertz CT molecular complexity index is 823. The van der Waals surface area contributed by atoms with Crippen LogP contribution in [0.15, 0.2) is 40.2 Å². The van der Waals surface area contributed by atoms with E-state index < -0.39 is 0 Å². The van der Waals surface area contributed by atoms with Crippen LogP contribution in [0.5, 0.6) is 0 Å². The Morgan fingerprint density at radius 1 is 1.30 bits per heavy atom. The Morgan fingerprint density at radius 3 is 2.87 bits per heavy atom. The van der Waals surface area contributed by atoms with Crippen LogP contribution in [0.1, 0.15) is 27.5 Å². The average molecular weight is 327 g/mol. The smallest absolute Gasteiger partial charge is 0.251 e. The second kappa shape index (κ2) is 6.75. The molecule has 1 aromatic carbocycles. The van der Waals surface area contributed by atoms with Crippen molar-refractivity contribution in [2.24, 2.45) is 0 Å². The van der Waals surface area contributed by atoms with E-state index in [1.54, 1.807) is 17.4 Å². The fraction of sp³-hybridized carbons (Fsp3) is 0.235. The molecular weight excluding hydrogens is 310 g/mol. The number of rotatable bonds is 5. The summed E-state index contributed by atoms with van der Waals surface area (Å²) in [6.45, 7) is 4.33. The van der Waals surface area contributed by atoms with Crippen molar-refractivity contribution < 1.29 is 9.32 Å². The minimum absolute atomic E-state index is 0.0969. The van der Waals surface area contributed by atoms with Crippen LogP contribution in [0.4, 0.5) is 0 Å². The van der Waals surface area contributed by atoms with E-state index in [4.69, 9.17) is 4.52 Å². The highest BCUT2D eigenvalue weighted by Crippen LogP contribution is 2.24. The number of benzene rings is 1. The van der Waals surface area contributed by atoms with Gasteiger partial charge in [0.2, 0.25) is 0 Å². The average Bonchev–Trinajstić information content (AvgIpc) is 3.16. The fourth-order valence-corrected chi connectivity index (χ4v) is 3.02. The molecule has 0 saturated heterocycles. The summed E-state index contributed by atoms with van der Waals surface area (Å²) in [5.41, 5.74) is 3.42. The van der Waals surface area contributed by atoms with Crippen molar-refractivity contribution in [1.29, 1.82) is 0 Å². The maximum Gasteiger partial charge on any atom is 0.251 e. The second-order valence-corrected chi connectivity index (χ2v) is 6.17. The van der Waals surface area contributed by atoms with Crippen LogP contribution in [0, 0.1) is 13.8 Å². The number of carbonyl (C=O) groups is 1. The third-order valence-electron chi connectivity index (χ3n) is 3.33. The number of aromatic nitrogens is 2. The molecule has 0 unspecified atom stereocenters. The normalized spacial score (nSPS) is 10.7. The first kappa shape index (κ1) is 15.4. The Kier molecular flexibility index (Phi) is 4.52. The molecule has 23 heavy (non-hydrogen) atoms. The SMILES string of the molecule is Cc1csc(-c2cccc(C(=O)NCCc3cc(C)on3)c2)n1. The van der Waals surface area contributed by atoms with Crippen molar-refractivity contribution in [3.63, 3.8) is 0 Å². The molecule has 0 bridgehead atoms. The molecule has 1 amide bonds. The molecule has 3 rings (SSSR count). The lowest BCUT2D eigenvalue weighted by Crippen LogP contribution is -2.25. The van der Waals surface area contributed by atoms with Crippen molar-refractivity contribution in [1.82, 2.24) is 15.5 Å². The number of carbonyl (C=O) groups excluding carboxylic acids is 1. The first-order valence-electron chi connectivity index (χ1n) is 7.35. The largest absolute Gasteiger partial charge is 0.361 e. The molecule has 0 aliphatic carbocycles. The van der Waals surface area contributed by atoms with Gasteiger partial charge in [0.1, 0.15) is 10.8 Å². The number of aryl methyl sites for hydroxylation is 2. The standard InChI is InChI=1S/C17H17N3O2S/c1-11-10-23-17(19-11)14-5-3-4-13(9-14)16(21)18-7-6-15-8-12(2)22-20-15/h3-5,8-10H,6-7H2,1-2H3,(H,18,21). The molecule has 2 heterocycles. The van der Waals surface area contributed by atoms with Gasteiger partial charge in [-0.3, -0.25) is 4.79 Å². The molecule has 5 nitrogen and oxygen atoms in total. The van der Waals surface area contributed by atoms with Gasteiger partial charge in [-0.25, -0.2) is 4.98 Å². The number of nitrogens with zero attached hydrogens (tertiary/aromatic N) is 2. The fourth-order valence-electron chi connectivity index (χ4n) is 2.22. The molecule has 0 aliphatic rings. The molecule has 0 atom stereocenters. The van der Waals surface area contributed by atoms with Crippen LogP contribution in [0.25, 0.3) is 10.6 Å². The molecule has 3 aromatic rings. The third kappa shape index (κ3) is 3.84. The predicted molar refractivity (Wildman–Crippen MR) is 89.6 cm³/mol. The van der Waals surface area contributed by atoms with E-state index in [1.807, 2.05) is 43.5 Å². The summed E-state index contributed by atoms with van der Waals surface area (Å²) < 4.78 is 5.00. The number of hydrogen-bond acceptors (Lipinski definition) is 5. The van der Waals surface area contributed by atoms with Crippen molar-refractivity contribution >= 4 is 17.2 Å². The molecule has 0 fully saturated rings. The molecule has 6 heteroatoms. The summed E-state index contributed by atoms with van der Waals surface area (Å²) in [5, 5.41) is 9.74. The van der Waals surface area contributed by atoms with Crippen molar-refractivity contribution in [2.75, 3.05) is 6.54 Å². The summed E-state index contributed by atoms with van der Waals surface area (Å²) in [6, 6.07) is 9.39. The zero-order chi connectivity index (χ0) is 16.2. The first-order chi connectivity index (χ1) is 11.1. The molecule has 0 radical (unpaired) electrons. The van der Waals surface area contributed by atoms with Crippen LogP contribution >= 0.6 is 11.3 Å². The zero-order valence-electron chi connectivity index (χ0n) is 13.0. The minimum atomic E-state index is -0.0969. The van der Waals surface area contributed by atoms with Crippen LogP contribution in [-0.4, -0.2) is 22.6 Å². The van der Waals surface area contributed by atoms with Gasteiger partial charge in [0.05, 0.1) is 5.69 Å². The molecule has 0 spiro atoms. The summed E-state index contributed by atoms with van der Waals surface area (Å²) >= 11 is 1.58. The lowest BCUT2D eigenvalue weighted by atomic mass is 10.1. The Hall–Kier alpha value is -2.47. The van der Waals surface area contributed by atoms with Crippen molar-refractivity contribution in [3.8, 4) is 10.6 Å². The van der Waals surface area contributed by atoms with Gasteiger partial charge in [-0.2, -0.15) is 0 Å². The maximum atomic E-state index is 12.3. The topological polar surface area (TPSA) is 68.0 Å². The first-order valence-corrected chi connectivity index (χ1v) is 8.23. The van der Waals surface area contributed by atoms with Crippen molar-refractivity contribution in [3.05, 3.63) is 58.4 Å². The van der Waals surface area contributed by atoms with Gasteiger partial charge in [0.25, 0.3) is 5.91 Å². The van der Waals surface area contributed by atoms with E-state index in [2.05, 4.69) is 15.5 Å². The number of amides is 1. The third-order valence-corrected chi connectivity index (χ3v) is 4.34. The Morgan fingerprint density at radius 2 is 2.17 bits per heavy atom. The van der Waals surface area contributed by atoms with Gasteiger partial charge >= 0.3 is 0 Å². The molecule has 1 N–H and O–H groups in total. The second-order valence-electron chi connectivity index (χ2n) is 5.31. The lowest BCUT2D eigenvalue weighted by Gasteiger charge is -2.05. The van der Waals surface area contributed by atoms with E-state index in [9.17, 15) is 4.79 Å². The number of hydrogen-bond donors (Lipinski definition) is 1. The van der Waals surface area contributed by atoms with E-state index in [0.29, 0.717) is 18.5 Å². The number of nitrogens with one attached hydrogen (secondary N) is 1. The predicted octanol–water partition coefficient (Wildman–Crippen LogP) is 3.39. The van der Waals surface area contributed by atoms with Crippen LogP contribution in [-0.2, 0) is 6.42 Å². The van der Waals surface area contributed by atoms with Gasteiger partial charge in [-0.1, -0.05) is 17.3 Å². The molecule has 0 saturated carbocycles. The van der Waals surface area contributed by atoms with Crippen LogP contribution < -0.4 is 5.32 Å². The highest BCUT2D eigenvalue weighted by molar-refractivity contribution is 7.13. The lowest BCUT2D eigenvalue weighted by molar-refractivity contribution is 0.0954. The maximum absolute atomic E-state index is 12.3. The van der Waals surface area contributed by atoms with Crippen molar-refractivity contribution in [2.45, 2.75) is 20.3 Å². The van der Waals surface area contributed by atoms with E-state index in [0.717, 1.165) is 27.7 Å². The summed E-state index contributed by atoms with van der Waals surface area (Å²) in [4.78, 5) is 16.7. The molecule has 118 valence electrons. The van der Waals surface area contributed by atoms with Crippen LogP contribution in [0.2, 0.25) is 0 Å². The van der Waals surface area contributed by atoms with E-state index in [-0.39, 0.29) is 5.91 Å². The number of thiazole rings is 1. The Labute approximate surface area is 138 Å². The van der Waals surface area contributed by atoms with Gasteiger partial charge in [-0.15, -0.1) is 11.3 Å². The minimum Gasteiger partial charge on any atom is -0.361 e. The van der Waals surface area contributed by atoms with Gasteiger partial charge < -0.3 is 9.84 Å². The summed E-state index contributed by atoms with van der Waals surface area (Å²) in [7, 11) is 0. The Balaban J connectivity index is 1.63. The zero-order valence-corrected chi connectivity index (χ0v) is 13.8. The highest BCUT2D eigenvalue weighted by Gasteiger charge is 2.09. The monoisotopic (exact) mass is 327 g/mol. The van der Waals surface area contributed by atoms with Gasteiger partial charge in [0, 0.05) is 41.2 Å².